The summed E-state index contributed by atoms with van der Waals surface area (Å²) in [6.07, 6.45) is 0.252. The number of hydrogen-bond acceptors (Lipinski definition) is 5. The largest absolute Gasteiger partial charge is 0.494 e. The Labute approximate surface area is 186 Å². The van der Waals surface area contributed by atoms with E-state index in [1.807, 2.05) is 69.3 Å². The Morgan fingerprint density at radius 1 is 1.26 bits per heavy atom. The van der Waals surface area contributed by atoms with Gasteiger partial charge in [0.1, 0.15) is 5.75 Å². The summed E-state index contributed by atoms with van der Waals surface area (Å²) in [7, 11) is 0. The molecule has 1 aromatic heterocycles. The third kappa shape index (κ3) is 4.56. The number of hydrogen-bond donors (Lipinski definition) is 0. The molecule has 7 heteroatoms. The van der Waals surface area contributed by atoms with Crippen LogP contribution in [0.1, 0.15) is 32.8 Å². The predicted octanol–water partition coefficient (Wildman–Crippen LogP) is 4.49. The fraction of sp³-hybridized carbons (Fsp3) is 0.375. The molecule has 1 fully saturated rings. The molecule has 1 unspecified atom stereocenters. The molecule has 2 heterocycles. The molecule has 1 atom stereocenters. The highest BCUT2D eigenvalue weighted by Crippen LogP contribution is 2.34. The normalized spacial score (nSPS) is 16.3. The highest BCUT2D eigenvalue weighted by Gasteiger charge is 2.38. The first-order chi connectivity index (χ1) is 15.0. The minimum atomic E-state index is -0.357. The van der Waals surface area contributed by atoms with Crippen LogP contribution in [-0.2, 0) is 16.1 Å². The number of ether oxygens (including phenoxy) is 1. The van der Waals surface area contributed by atoms with E-state index in [1.54, 1.807) is 9.80 Å². The van der Waals surface area contributed by atoms with Crippen molar-refractivity contribution in [2.45, 2.75) is 39.8 Å². The van der Waals surface area contributed by atoms with E-state index < -0.39 is 0 Å². The number of rotatable bonds is 7. The van der Waals surface area contributed by atoms with Crippen LogP contribution >= 0.6 is 11.3 Å². The van der Waals surface area contributed by atoms with Crippen molar-refractivity contribution >= 4 is 38.5 Å². The van der Waals surface area contributed by atoms with Crippen LogP contribution < -0.4 is 9.64 Å². The molecule has 0 bridgehead atoms. The van der Waals surface area contributed by atoms with Crippen LogP contribution in [0.5, 0.6) is 5.75 Å². The van der Waals surface area contributed by atoms with Crippen LogP contribution in [0.4, 0.5) is 5.13 Å². The van der Waals surface area contributed by atoms with Crippen molar-refractivity contribution < 1.29 is 14.3 Å². The first-order valence-electron chi connectivity index (χ1n) is 10.6. The maximum atomic E-state index is 13.6. The van der Waals surface area contributed by atoms with Gasteiger partial charge in [-0.15, -0.1) is 0 Å². The number of benzene rings is 2. The van der Waals surface area contributed by atoms with E-state index in [2.05, 4.69) is 0 Å². The van der Waals surface area contributed by atoms with Gasteiger partial charge in [-0.2, -0.15) is 0 Å². The number of carbonyl (C=O) groups is 2. The molecular formula is C24H27N3O3S. The quantitative estimate of drug-likeness (QED) is 0.547. The van der Waals surface area contributed by atoms with E-state index in [9.17, 15) is 9.59 Å². The lowest BCUT2D eigenvalue weighted by atomic mass is 10.1. The monoisotopic (exact) mass is 437 g/mol. The average Bonchev–Trinajstić information content (AvgIpc) is 3.35. The van der Waals surface area contributed by atoms with Crippen molar-refractivity contribution in [1.29, 1.82) is 0 Å². The molecule has 0 radical (unpaired) electrons. The number of carbonyl (C=O) groups excluding carboxylic acids is 2. The smallest absolute Gasteiger partial charge is 0.234 e. The fourth-order valence-corrected chi connectivity index (χ4v) is 4.89. The minimum absolute atomic E-state index is 0.0404. The molecule has 3 aromatic rings. The predicted molar refractivity (Wildman–Crippen MR) is 123 cm³/mol. The van der Waals surface area contributed by atoms with Gasteiger partial charge >= 0.3 is 0 Å². The Balaban J connectivity index is 1.67. The molecule has 6 nitrogen and oxygen atoms in total. The average molecular weight is 438 g/mol. The minimum Gasteiger partial charge on any atom is -0.494 e. The number of likely N-dealkylation sites (tertiary alicyclic amines) is 1. The molecule has 1 saturated heterocycles. The summed E-state index contributed by atoms with van der Waals surface area (Å²) < 4.78 is 6.58. The SMILES string of the molecule is CCOc1ccc2nc(N(Cc3ccccc3)C(=O)C3CC(=O)N(C(C)C)C3)sc2c1. The fourth-order valence-electron chi connectivity index (χ4n) is 3.89. The molecule has 4 rings (SSSR count). The van der Waals surface area contributed by atoms with Crippen LogP contribution in [0.2, 0.25) is 0 Å². The number of aromatic nitrogens is 1. The maximum absolute atomic E-state index is 13.6. The van der Waals surface area contributed by atoms with E-state index in [-0.39, 0.29) is 30.2 Å². The van der Waals surface area contributed by atoms with Crippen LogP contribution in [0, 0.1) is 5.92 Å². The van der Waals surface area contributed by atoms with Crippen molar-refractivity contribution in [2.75, 3.05) is 18.1 Å². The molecule has 0 saturated carbocycles. The van der Waals surface area contributed by atoms with E-state index in [0.717, 1.165) is 21.5 Å². The Morgan fingerprint density at radius 2 is 2.03 bits per heavy atom. The zero-order chi connectivity index (χ0) is 22.0. The van der Waals surface area contributed by atoms with Gasteiger partial charge in [0.05, 0.1) is 29.3 Å². The van der Waals surface area contributed by atoms with Crippen molar-refractivity contribution in [2.24, 2.45) is 5.92 Å². The maximum Gasteiger partial charge on any atom is 0.234 e. The van der Waals surface area contributed by atoms with Gasteiger partial charge in [0.15, 0.2) is 5.13 Å². The summed E-state index contributed by atoms with van der Waals surface area (Å²) in [6.45, 7) is 7.39. The van der Waals surface area contributed by atoms with Crippen LogP contribution in [-0.4, -0.2) is 40.9 Å². The summed E-state index contributed by atoms with van der Waals surface area (Å²) in [5.41, 5.74) is 1.86. The lowest BCUT2D eigenvalue weighted by Crippen LogP contribution is -2.38. The van der Waals surface area contributed by atoms with Crippen molar-refractivity contribution in [3.63, 3.8) is 0 Å². The van der Waals surface area contributed by atoms with Crippen LogP contribution in [0.25, 0.3) is 10.2 Å². The number of anilines is 1. The zero-order valence-electron chi connectivity index (χ0n) is 18.1. The second kappa shape index (κ2) is 9.06. The summed E-state index contributed by atoms with van der Waals surface area (Å²) >= 11 is 1.48. The number of thiazole rings is 1. The van der Waals surface area contributed by atoms with E-state index in [4.69, 9.17) is 9.72 Å². The summed E-state index contributed by atoms with van der Waals surface area (Å²) in [6, 6.07) is 15.8. The van der Waals surface area contributed by atoms with Gasteiger partial charge < -0.3 is 9.64 Å². The van der Waals surface area contributed by atoms with Crippen LogP contribution in [0.3, 0.4) is 0 Å². The lowest BCUT2D eigenvalue weighted by Gasteiger charge is -2.24. The van der Waals surface area contributed by atoms with Gasteiger partial charge in [-0.3, -0.25) is 14.5 Å². The van der Waals surface area contributed by atoms with Crippen molar-refractivity contribution in [1.82, 2.24) is 9.88 Å². The van der Waals surface area contributed by atoms with Crippen molar-refractivity contribution in [3.05, 3.63) is 54.1 Å². The number of fused-ring (bicyclic) bond motifs is 1. The standard InChI is InChI=1S/C24H27N3O3S/c1-4-30-19-10-11-20-21(13-19)31-24(25-20)27(14-17-8-6-5-7-9-17)23(29)18-12-22(28)26(15-18)16(2)3/h5-11,13,16,18H,4,12,14-15H2,1-3H3. The summed E-state index contributed by atoms with van der Waals surface area (Å²) in [5, 5.41) is 0.646. The number of nitrogens with zero attached hydrogens (tertiary/aromatic N) is 3. The Kier molecular flexibility index (Phi) is 6.23. The first kappa shape index (κ1) is 21.3. The van der Waals surface area contributed by atoms with Gasteiger partial charge in [-0.25, -0.2) is 4.98 Å². The molecule has 31 heavy (non-hydrogen) atoms. The van der Waals surface area contributed by atoms with Crippen molar-refractivity contribution in [3.8, 4) is 5.75 Å². The Morgan fingerprint density at radius 3 is 2.71 bits per heavy atom. The van der Waals surface area contributed by atoms with Gasteiger partial charge in [0.2, 0.25) is 11.8 Å². The second-order valence-corrected chi connectivity index (χ2v) is 9.02. The van der Waals surface area contributed by atoms with Gasteiger partial charge in [0.25, 0.3) is 0 Å². The van der Waals surface area contributed by atoms with Gasteiger partial charge in [0, 0.05) is 19.0 Å². The topological polar surface area (TPSA) is 62.7 Å². The van der Waals surface area contributed by atoms with Gasteiger partial charge in [-0.1, -0.05) is 41.7 Å². The summed E-state index contributed by atoms with van der Waals surface area (Å²) in [4.78, 5) is 34.3. The third-order valence-electron chi connectivity index (χ3n) is 5.47. The molecular weight excluding hydrogens is 410 g/mol. The highest BCUT2D eigenvalue weighted by molar-refractivity contribution is 7.22. The third-order valence-corrected chi connectivity index (χ3v) is 6.51. The van der Waals surface area contributed by atoms with E-state index in [1.165, 1.54) is 11.3 Å². The Hall–Kier alpha value is -2.93. The van der Waals surface area contributed by atoms with E-state index >= 15 is 0 Å². The molecule has 1 aliphatic rings. The lowest BCUT2D eigenvalue weighted by molar-refractivity contribution is -0.129. The molecule has 0 spiro atoms. The van der Waals surface area contributed by atoms with Crippen LogP contribution in [0.15, 0.2) is 48.5 Å². The van der Waals surface area contributed by atoms with Gasteiger partial charge in [-0.05, 0) is 44.5 Å². The first-order valence-corrected chi connectivity index (χ1v) is 11.5. The molecule has 1 aliphatic heterocycles. The van der Waals surface area contributed by atoms with E-state index in [0.29, 0.717) is 24.8 Å². The highest BCUT2D eigenvalue weighted by atomic mass is 32.1. The summed E-state index contributed by atoms with van der Waals surface area (Å²) in [5.74, 6) is 0.424. The number of amides is 2. The zero-order valence-corrected chi connectivity index (χ0v) is 18.9. The molecule has 162 valence electrons. The molecule has 0 aliphatic carbocycles. The molecule has 0 N–H and O–H groups in total. The molecule has 2 amide bonds. The molecule has 2 aromatic carbocycles. The second-order valence-electron chi connectivity index (χ2n) is 8.01. The Bertz CT molecular complexity index is 1080.